The van der Waals surface area contributed by atoms with Gasteiger partial charge >= 0.3 is 0 Å². The summed E-state index contributed by atoms with van der Waals surface area (Å²) >= 11 is 0. The number of ether oxygens (including phenoxy) is 1. The van der Waals surface area contributed by atoms with Gasteiger partial charge in [0, 0.05) is 13.2 Å². The summed E-state index contributed by atoms with van der Waals surface area (Å²) in [7, 11) is 1.93. The number of hydrogen-bond acceptors (Lipinski definition) is 3. The number of hydrogen-bond donors (Lipinski definition) is 1. The second kappa shape index (κ2) is 4.39. The lowest BCUT2D eigenvalue weighted by atomic mass is 10.2. The van der Waals surface area contributed by atoms with E-state index >= 15 is 0 Å². The first-order valence-corrected chi connectivity index (χ1v) is 4.44. The fraction of sp³-hybridized carbons (Fsp3) is 0.667. The van der Waals surface area contributed by atoms with E-state index < -0.39 is 0 Å². The molecule has 0 aliphatic rings. The molecular weight excluding hydrogens is 166 g/mol. The van der Waals surface area contributed by atoms with Crippen molar-refractivity contribution < 1.29 is 4.74 Å². The zero-order valence-electron chi connectivity index (χ0n) is 8.40. The summed E-state index contributed by atoms with van der Waals surface area (Å²) in [5.41, 5.74) is 6.90. The predicted molar refractivity (Wildman–Crippen MR) is 51.2 cm³/mol. The zero-order valence-corrected chi connectivity index (χ0v) is 8.40. The molecular formula is C9H17N3O. The van der Waals surface area contributed by atoms with Crippen LogP contribution in [0.1, 0.15) is 25.6 Å². The third-order valence-corrected chi connectivity index (χ3v) is 1.84. The molecule has 0 bridgehead atoms. The SMILES string of the molecule is CC(C)OCC(N)c1cncn1C. The van der Waals surface area contributed by atoms with Crippen molar-refractivity contribution in [1.29, 1.82) is 0 Å². The van der Waals surface area contributed by atoms with E-state index in [1.54, 1.807) is 12.5 Å². The van der Waals surface area contributed by atoms with E-state index in [0.29, 0.717) is 6.61 Å². The average molecular weight is 183 g/mol. The molecule has 2 N–H and O–H groups in total. The number of rotatable bonds is 4. The van der Waals surface area contributed by atoms with E-state index in [1.807, 2.05) is 25.5 Å². The Hall–Kier alpha value is -0.870. The van der Waals surface area contributed by atoms with Crippen LogP contribution in [-0.4, -0.2) is 22.3 Å². The summed E-state index contributed by atoms with van der Waals surface area (Å²) in [6, 6.07) is -0.0881. The molecule has 0 amide bonds. The molecule has 4 heteroatoms. The van der Waals surface area contributed by atoms with Crippen molar-refractivity contribution in [2.75, 3.05) is 6.61 Å². The van der Waals surface area contributed by atoms with Crippen molar-refractivity contribution >= 4 is 0 Å². The third-order valence-electron chi connectivity index (χ3n) is 1.84. The monoisotopic (exact) mass is 183 g/mol. The van der Waals surface area contributed by atoms with Crippen molar-refractivity contribution in [3.8, 4) is 0 Å². The highest BCUT2D eigenvalue weighted by Crippen LogP contribution is 2.09. The lowest BCUT2D eigenvalue weighted by molar-refractivity contribution is 0.0672. The molecule has 0 spiro atoms. The maximum Gasteiger partial charge on any atom is 0.0946 e. The molecule has 1 unspecified atom stereocenters. The summed E-state index contributed by atoms with van der Waals surface area (Å²) in [6.45, 7) is 4.53. The van der Waals surface area contributed by atoms with E-state index in [2.05, 4.69) is 4.98 Å². The van der Waals surface area contributed by atoms with E-state index in [0.717, 1.165) is 5.69 Å². The van der Waals surface area contributed by atoms with E-state index in [1.165, 1.54) is 0 Å². The van der Waals surface area contributed by atoms with Crippen molar-refractivity contribution in [3.05, 3.63) is 18.2 Å². The lowest BCUT2D eigenvalue weighted by Crippen LogP contribution is -2.21. The molecule has 0 saturated carbocycles. The van der Waals surface area contributed by atoms with Crippen LogP contribution in [0.5, 0.6) is 0 Å². The Kier molecular flexibility index (Phi) is 3.45. The molecule has 1 heterocycles. The zero-order chi connectivity index (χ0) is 9.84. The molecule has 1 aromatic rings. The smallest absolute Gasteiger partial charge is 0.0946 e. The molecule has 0 radical (unpaired) electrons. The molecule has 0 aliphatic carbocycles. The Balaban J connectivity index is 2.49. The second-order valence-electron chi connectivity index (χ2n) is 3.42. The quantitative estimate of drug-likeness (QED) is 0.752. The van der Waals surface area contributed by atoms with Crippen molar-refractivity contribution in [2.24, 2.45) is 12.8 Å². The molecule has 0 aliphatic heterocycles. The Bertz CT molecular complexity index is 257. The van der Waals surface area contributed by atoms with Gasteiger partial charge in [0.2, 0.25) is 0 Å². The van der Waals surface area contributed by atoms with E-state index in [9.17, 15) is 0 Å². The van der Waals surface area contributed by atoms with E-state index in [4.69, 9.17) is 10.5 Å². The first-order valence-electron chi connectivity index (χ1n) is 4.44. The summed E-state index contributed by atoms with van der Waals surface area (Å²) in [6.07, 6.45) is 3.73. The molecule has 1 atom stereocenters. The lowest BCUT2D eigenvalue weighted by Gasteiger charge is -2.14. The normalized spacial score (nSPS) is 13.6. The van der Waals surface area contributed by atoms with Crippen LogP contribution in [0.25, 0.3) is 0 Å². The molecule has 0 aromatic carbocycles. The van der Waals surface area contributed by atoms with Gasteiger partial charge in [-0.15, -0.1) is 0 Å². The van der Waals surface area contributed by atoms with Crippen molar-refractivity contribution in [1.82, 2.24) is 9.55 Å². The van der Waals surface area contributed by atoms with Crippen LogP contribution in [-0.2, 0) is 11.8 Å². The maximum atomic E-state index is 5.90. The van der Waals surface area contributed by atoms with Crippen LogP contribution >= 0.6 is 0 Å². The first-order chi connectivity index (χ1) is 6.11. The molecule has 1 aromatic heterocycles. The first kappa shape index (κ1) is 10.2. The summed E-state index contributed by atoms with van der Waals surface area (Å²) < 4.78 is 7.33. The minimum absolute atomic E-state index is 0.0881. The van der Waals surface area contributed by atoms with Crippen LogP contribution in [0.4, 0.5) is 0 Å². The second-order valence-corrected chi connectivity index (χ2v) is 3.42. The van der Waals surface area contributed by atoms with Gasteiger partial charge in [-0.1, -0.05) is 0 Å². The van der Waals surface area contributed by atoms with Crippen LogP contribution in [0.2, 0.25) is 0 Å². The van der Waals surface area contributed by atoms with Gasteiger partial charge < -0.3 is 15.0 Å². The molecule has 74 valence electrons. The fourth-order valence-electron chi connectivity index (χ4n) is 1.11. The van der Waals surface area contributed by atoms with Gasteiger partial charge in [-0.2, -0.15) is 0 Å². The fourth-order valence-corrected chi connectivity index (χ4v) is 1.11. The standard InChI is InChI=1S/C9H17N3O/c1-7(2)13-5-8(10)9-4-11-6-12(9)3/h4,6-8H,5,10H2,1-3H3. The van der Waals surface area contributed by atoms with Crippen LogP contribution in [0.3, 0.4) is 0 Å². The van der Waals surface area contributed by atoms with Crippen LogP contribution < -0.4 is 5.73 Å². The highest BCUT2D eigenvalue weighted by atomic mass is 16.5. The number of nitrogens with zero attached hydrogens (tertiary/aromatic N) is 2. The highest BCUT2D eigenvalue weighted by molar-refractivity contribution is 5.03. The van der Waals surface area contributed by atoms with E-state index in [-0.39, 0.29) is 12.1 Å². The minimum atomic E-state index is -0.0881. The molecule has 0 saturated heterocycles. The van der Waals surface area contributed by atoms with Crippen molar-refractivity contribution in [2.45, 2.75) is 26.0 Å². The van der Waals surface area contributed by atoms with Gasteiger partial charge in [-0.05, 0) is 13.8 Å². The molecule has 1 rings (SSSR count). The van der Waals surface area contributed by atoms with Gasteiger partial charge in [-0.25, -0.2) is 4.98 Å². The number of aryl methyl sites for hydroxylation is 1. The minimum Gasteiger partial charge on any atom is -0.377 e. The van der Waals surface area contributed by atoms with Crippen LogP contribution in [0, 0.1) is 0 Å². The molecule has 13 heavy (non-hydrogen) atoms. The molecule has 0 fully saturated rings. The van der Waals surface area contributed by atoms with Gasteiger partial charge in [0.05, 0.1) is 30.8 Å². The predicted octanol–water partition coefficient (Wildman–Crippen LogP) is 0.845. The Morgan fingerprint density at radius 1 is 1.62 bits per heavy atom. The van der Waals surface area contributed by atoms with Gasteiger partial charge in [0.25, 0.3) is 0 Å². The number of imidazole rings is 1. The average Bonchev–Trinajstić information content (AvgIpc) is 2.47. The summed E-state index contributed by atoms with van der Waals surface area (Å²) in [5.74, 6) is 0. The Morgan fingerprint density at radius 2 is 2.31 bits per heavy atom. The summed E-state index contributed by atoms with van der Waals surface area (Å²) in [5, 5.41) is 0. The van der Waals surface area contributed by atoms with Crippen LogP contribution in [0.15, 0.2) is 12.5 Å². The van der Waals surface area contributed by atoms with Gasteiger partial charge in [0.15, 0.2) is 0 Å². The Morgan fingerprint density at radius 3 is 2.77 bits per heavy atom. The largest absolute Gasteiger partial charge is 0.377 e. The summed E-state index contributed by atoms with van der Waals surface area (Å²) in [4.78, 5) is 4.00. The Labute approximate surface area is 78.7 Å². The third kappa shape index (κ3) is 2.82. The maximum absolute atomic E-state index is 5.90. The van der Waals surface area contributed by atoms with Crippen molar-refractivity contribution in [3.63, 3.8) is 0 Å². The topological polar surface area (TPSA) is 53.1 Å². The van der Waals surface area contributed by atoms with Gasteiger partial charge in [-0.3, -0.25) is 0 Å². The number of aromatic nitrogens is 2. The highest BCUT2D eigenvalue weighted by Gasteiger charge is 2.10. The number of nitrogens with two attached hydrogens (primary N) is 1. The molecule has 4 nitrogen and oxygen atoms in total. The van der Waals surface area contributed by atoms with Gasteiger partial charge in [0.1, 0.15) is 0 Å².